The van der Waals surface area contributed by atoms with E-state index in [-0.39, 0.29) is 11.3 Å². The van der Waals surface area contributed by atoms with Gasteiger partial charge in [0.2, 0.25) is 0 Å². The topological polar surface area (TPSA) is 55.3 Å². The molecule has 2 heterocycles. The minimum Gasteiger partial charge on any atom is -0.376 e. The summed E-state index contributed by atoms with van der Waals surface area (Å²) in [5.74, 6) is 0.551. The molecule has 5 nitrogen and oxygen atoms in total. The molecule has 1 aliphatic rings. The van der Waals surface area contributed by atoms with E-state index in [0.29, 0.717) is 24.2 Å². The first-order chi connectivity index (χ1) is 8.22. The average Bonchev–Trinajstić information content (AvgIpc) is 2.81. The highest BCUT2D eigenvalue weighted by atomic mass is 35.5. The Kier molecular flexibility index (Phi) is 3.91. The molecule has 0 aliphatic carbocycles. The highest BCUT2D eigenvalue weighted by Crippen LogP contribution is 2.22. The van der Waals surface area contributed by atoms with E-state index in [1.165, 1.54) is 6.33 Å². The fourth-order valence-corrected chi connectivity index (χ4v) is 2.12. The van der Waals surface area contributed by atoms with Crippen molar-refractivity contribution in [1.82, 2.24) is 9.97 Å². The number of anilines is 1. The van der Waals surface area contributed by atoms with Gasteiger partial charge in [0.25, 0.3) is 0 Å². The molecule has 1 atom stereocenters. The second kappa shape index (κ2) is 5.42. The number of rotatable bonds is 4. The molecule has 1 aromatic heterocycles. The third-order valence-electron chi connectivity index (χ3n) is 2.80. The lowest BCUT2D eigenvalue weighted by Crippen LogP contribution is -2.30. The summed E-state index contributed by atoms with van der Waals surface area (Å²) in [7, 11) is 1.87. The Balaban J connectivity index is 2.14. The molecular formula is C11H14ClN3O2. The van der Waals surface area contributed by atoms with Crippen LogP contribution in [0, 0.1) is 0 Å². The molecule has 0 radical (unpaired) electrons. The number of ether oxygens (including phenoxy) is 1. The molecule has 0 spiro atoms. The molecule has 0 bridgehead atoms. The lowest BCUT2D eigenvalue weighted by molar-refractivity contribution is 0.111. The second-order valence-electron chi connectivity index (χ2n) is 4.04. The van der Waals surface area contributed by atoms with Crippen LogP contribution in [0.1, 0.15) is 23.2 Å². The molecule has 6 heteroatoms. The van der Waals surface area contributed by atoms with Crippen LogP contribution in [0.3, 0.4) is 0 Å². The van der Waals surface area contributed by atoms with Crippen LogP contribution in [0.15, 0.2) is 6.33 Å². The van der Waals surface area contributed by atoms with Crippen molar-refractivity contribution < 1.29 is 9.53 Å². The molecule has 92 valence electrons. The Bertz CT molecular complexity index is 408. The fourth-order valence-electron chi connectivity index (χ4n) is 1.95. The molecule has 1 saturated heterocycles. The van der Waals surface area contributed by atoms with Crippen LogP contribution in [0.5, 0.6) is 0 Å². The van der Waals surface area contributed by atoms with E-state index in [2.05, 4.69) is 9.97 Å². The molecule has 2 rings (SSSR count). The largest absolute Gasteiger partial charge is 0.376 e. The van der Waals surface area contributed by atoms with Gasteiger partial charge in [0.1, 0.15) is 17.3 Å². The average molecular weight is 256 g/mol. The van der Waals surface area contributed by atoms with Crippen molar-refractivity contribution in [3.63, 3.8) is 0 Å². The van der Waals surface area contributed by atoms with E-state index < -0.39 is 0 Å². The third-order valence-corrected chi connectivity index (χ3v) is 3.10. The van der Waals surface area contributed by atoms with Gasteiger partial charge in [-0.2, -0.15) is 0 Å². The van der Waals surface area contributed by atoms with Gasteiger partial charge in [-0.15, -0.1) is 0 Å². The number of likely N-dealkylation sites (N-methyl/N-ethyl adjacent to an activating group) is 1. The number of carbonyl (C=O) groups excluding carboxylic acids is 1. The summed E-state index contributed by atoms with van der Waals surface area (Å²) in [6.07, 6.45) is 4.37. The Morgan fingerprint density at radius 3 is 3.12 bits per heavy atom. The van der Waals surface area contributed by atoms with Crippen molar-refractivity contribution in [2.75, 3.05) is 25.1 Å². The van der Waals surface area contributed by atoms with Crippen LogP contribution in [-0.2, 0) is 4.74 Å². The summed E-state index contributed by atoms with van der Waals surface area (Å²) in [5.41, 5.74) is 0.328. The van der Waals surface area contributed by atoms with E-state index in [4.69, 9.17) is 16.3 Å². The van der Waals surface area contributed by atoms with Crippen LogP contribution in [0.25, 0.3) is 0 Å². The number of carbonyl (C=O) groups is 1. The lowest BCUT2D eigenvalue weighted by atomic mass is 10.2. The van der Waals surface area contributed by atoms with Crippen LogP contribution < -0.4 is 4.90 Å². The number of aldehydes is 1. The van der Waals surface area contributed by atoms with Crippen molar-refractivity contribution in [1.29, 1.82) is 0 Å². The maximum atomic E-state index is 11.0. The monoisotopic (exact) mass is 255 g/mol. The van der Waals surface area contributed by atoms with Gasteiger partial charge in [-0.3, -0.25) is 4.79 Å². The van der Waals surface area contributed by atoms with Crippen LogP contribution in [0.2, 0.25) is 5.15 Å². The summed E-state index contributed by atoms with van der Waals surface area (Å²) in [6, 6.07) is 0. The molecule has 17 heavy (non-hydrogen) atoms. The van der Waals surface area contributed by atoms with E-state index in [0.717, 1.165) is 19.4 Å². The molecule has 1 unspecified atom stereocenters. The van der Waals surface area contributed by atoms with Gasteiger partial charge in [-0.1, -0.05) is 11.6 Å². The molecular weight excluding hydrogens is 242 g/mol. The molecule has 0 aromatic carbocycles. The second-order valence-corrected chi connectivity index (χ2v) is 4.39. The summed E-state index contributed by atoms with van der Waals surface area (Å²) in [4.78, 5) is 20.7. The Hall–Kier alpha value is -1.20. The molecule has 1 aliphatic heterocycles. The third kappa shape index (κ3) is 2.73. The SMILES string of the molecule is CN(CC1CCCO1)c1ncnc(Cl)c1C=O. The number of hydrogen-bond donors (Lipinski definition) is 0. The van der Waals surface area contributed by atoms with Gasteiger partial charge in [0, 0.05) is 20.2 Å². The number of hydrogen-bond acceptors (Lipinski definition) is 5. The summed E-state index contributed by atoms with van der Waals surface area (Å²) >= 11 is 5.85. The molecule has 1 fully saturated rings. The normalized spacial score (nSPS) is 19.3. The molecule has 1 aromatic rings. The Morgan fingerprint density at radius 2 is 2.47 bits per heavy atom. The number of halogens is 1. The first-order valence-corrected chi connectivity index (χ1v) is 5.88. The highest BCUT2D eigenvalue weighted by molar-refractivity contribution is 6.32. The van der Waals surface area contributed by atoms with Crippen molar-refractivity contribution in [2.45, 2.75) is 18.9 Å². The standard InChI is InChI=1S/C11H14ClN3O2/c1-15(5-8-3-2-4-17-8)11-9(6-16)10(12)13-7-14-11/h6-8H,2-5H2,1H3. The van der Waals surface area contributed by atoms with E-state index in [1.54, 1.807) is 0 Å². The van der Waals surface area contributed by atoms with Crippen LogP contribution >= 0.6 is 11.6 Å². The summed E-state index contributed by atoms with van der Waals surface area (Å²) in [5, 5.41) is 0.184. The van der Waals surface area contributed by atoms with E-state index in [9.17, 15) is 4.79 Å². The summed E-state index contributed by atoms with van der Waals surface area (Å²) in [6.45, 7) is 1.51. The van der Waals surface area contributed by atoms with Crippen LogP contribution in [0.4, 0.5) is 5.82 Å². The van der Waals surface area contributed by atoms with Gasteiger partial charge >= 0.3 is 0 Å². The zero-order chi connectivity index (χ0) is 12.3. The predicted molar refractivity (Wildman–Crippen MR) is 64.7 cm³/mol. The Morgan fingerprint density at radius 1 is 1.65 bits per heavy atom. The fraction of sp³-hybridized carbons (Fsp3) is 0.545. The minimum absolute atomic E-state index is 0.184. The maximum absolute atomic E-state index is 11.0. The zero-order valence-electron chi connectivity index (χ0n) is 9.60. The zero-order valence-corrected chi connectivity index (χ0v) is 10.4. The highest BCUT2D eigenvalue weighted by Gasteiger charge is 2.20. The first kappa shape index (κ1) is 12.3. The van der Waals surface area contributed by atoms with Crippen molar-refractivity contribution in [2.24, 2.45) is 0 Å². The predicted octanol–water partition coefficient (Wildman–Crippen LogP) is 1.56. The number of aromatic nitrogens is 2. The van der Waals surface area contributed by atoms with Crippen molar-refractivity contribution in [3.8, 4) is 0 Å². The van der Waals surface area contributed by atoms with E-state index in [1.807, 2.05) is 11.9 Å². The van der Waals surface area contributed by atoms with Gasteiger partial charge in [-0.05, 0) is 12.8 Å². The molecule has 0 saturated carbocycles. The van der Waals surface area contributed by atoms with Gasteiger partial charge in [-0.25, -0.2) is 9.97 Å². The quantitative estimate of drug-likeness (QED) is 0.604. The van der Waals surface area contributed by atoms with Crippen LogP contribution in [-0.4, -0.2) is 42.6 Å². The molecule has 0 N–H and O–H groups in total. The number of nitrogens with zero attached hydrogens (tertiary/aromatic N) is 3. The van der Waals surface area contributed by atoms with Gasteiger partial charge < -0.3 is 9.64 Å². The summed E-state index contributed by atoms with van der Waals surface area (Å²) < 4.78 is 5.54. The van der Waals surface area contributed by atoms with Crippen molar-refractivity contribution in [3.05, 3.63) is 17.0 Å². The van der Waals surface area contributed by atoms with Crippen molar-refractivity contribution >= 4 is 23.7 Å². The lowest BCUT2D eigenvalue weighted by Gasteiger charge is -2.22. The maximum Gasteiger partial charge on any atom is 0.156 e. The van der Waals surface area contributed by atoms with Gasteiger partial charge in [0.15, 0.2) is 6.29 Å². The smallest absolute Gasteiger partial charge is 0.156 e. The molecule has 0 amide bonds. The van der Waals surface area contributed by atoms with Gasteiger partial charge in [0.05, 0.1) is 11.7 Å². The van der Waals surface area contributed by atoms with E-state index >= 15 is 0 Å². The minimum atomic E-state index is 0.184. The first-order valence-electron chi connectivity index (χ1n) is 5.50. The Labute approximate surface area is 105 Å².